The molecule has 0 amide bonds. The van der Waals surface area contributed by atoms with Gasteiger partial charge in [-0.25, -0.2) is 4.79 Å². The van der Waals surface area contributed by atoms with Crippen molar-refractivity contribution in [2.45, 2.75) is 13.0 Å². The molecule has 0 radical (unpaired) electrons. The van der Waals surface area contributed by atoms with Crippen molar-refractivity contribution in [2.75, 3.05) is 7.11 Å². The van der Waals surface area contributed by atoms with Gasteiger partial charge in [-0.05, 0) is 34.9 Å². The summed E-state index contributed by atoms with van der Waals surface area (Å²) in [5.74, 6) is 0.435. The highest BCUT2D eigenvalue weighted by molar-refractivity contribution is 5.89. The van der Waals surface area contributed by atoms with E-state index in [0.29, 0.717) is 18.6 Å². The van der Waals surface area contributed by atoms with Gasteiger partial charge in [-0.15, -0.1) is 0 Å². The largest absolute Gasteiger partial charge is 0.489 e. The lowest BCUT2D eigenvalue weighted by Gasteiger charge is -2.13. The molecule has 0 saturated heterocycles. The van der Waals surface area contributed by atoms with Crippen molar-refractivity contribution in [1.82, 2.24) is 0 Å². The lowest BCUT2D eigenvalue weighted by molar-refractivity contribution is 0.0600. The molecule has 0 unspecified atom stereocenters. The first-order valence-electron chi connectivity index (χ1n) is 8.18. The topological polar surface area (TPSA) is 35.5 Å². The fraction of sp³-hybridized carbons (Fsp3) is 0.136. The molecule has 0 saturated carbocycles. The number of methoxy groups -OCH3 is 1. The summed E-state index contributed by atoms with van der Waals surface area (Å²) < 4.78 is 10.8. The molecule has 0 atom stereocenters. The Morgan fingerprint density at radius 3 is 2.12 bits per heavy atom. The Labute approximate surface area is 147 Å². The van der Waals surface area contributed by atoms with Crippen molar-refractivity contribution in [3.63, 3.8) is 0 Å². The summed E-state index contributed by atoms with van der Waals surface area (Å²) in [6.45, 7) is 0.486. The first-order chi connectivity index (χ1) is 12.3. The molecule has 0 aliphatic carbocycles. The standard InChI is InChI=1S/C22H20O3/c1-24-22(23)19-12-13-21(25-16-18-10-6-3-7-11-18)20(15-19)14-17-8-4-2-5-9-17/h2-13,15H,14,16H2,1H3. The van der Waals surface area contributed by atoms with E-state index in [1.807, 2.05) is 60.7 Å². The maximum absolute atomic E-state index is 11.8. The van der Waals surface area contributed by atoms with E-state index < -0.39 is 0 Å². The molecule has 0 heterocycles. The minimum atomic E-state index is -0.344. The van der Waals surface area contributed by atoms with Crippen molar-refractivity contribution in [1.29, 1.82) is 0 Å². The van der Waals surface area contributed by atoms with Crippen LogP contribution >= 0.6 is 0 Å². The van der Waals surface area contributed by atoms with E-state index >= 15 is 0 Å². The number of ether oxygens (including phenoxy) is 2. The van der Waals surface area contributed by atoms with Crippen LogP contribution in [0.4, 0.5) is 0 Å². The number of carbonyl (C=O) groups excluding carboxylic acids is 1. The zero-order valence-electron chi connectivity index (χ0n) is 14.1. The Balaban J connectivity index is 1.86. The van der Waals surface area contributed by atoms with Crippen LogP contribution in [-0.2, 0) is 17.8 Å². The van der Waals surface area contributed by atoms with Gasteiger partial charge in [0, 0.05) is 6.42 Å². The molecule has 3 aromatic carbocycles. The van der Waals surface area contributed by atoms with Gasteiger partial charge in [-0.3, -0.25) is 0 Å². The molecule has 0 spiro atoms. The van der Waals surface area contributed by atoms with Gasteiger partial charge in [0.15, 0.2) is 0 Å². The highest BCUT2D eigenvalue weighted by Gasteiger charge is 2.12. The number of hydrogen-bond acceptors (Lipinski definition) is 3. The summed E-state index contributed by atoms with van der Waals surface area (Å²) in [5, 5.41) is 0. The van der Waals surface area contributed by atoms with E-state index in [1.54, 1.807) is 6.07 Å². The van der Waals surface area contributed by atoms with Gasteiger partial charge in [0.1, 0.15) is 12.4 Å². The molecule has 3 nitrogen and oxygen atoms in total. The van der Waals surface area contributed by atoms with Crippen LogP contribution in [0.3, 0.4) is 0 Å². The van der Waals surface area contributed by atoms with E-state index in [-0.39, 0.29) is 5.97 Å². The van der Waals surface area contributed by atoms with Crippen LogP contribution in [0.25, 0.3) is 0 Å². The van der Waals surface area contributed by atoms with Gasteiger partial charge in [0.2, 0.25) is 0 Å². The molecule has 0 N–H and O–H groups in total. The summed E-state index contributed by atoms with van der Waals surface area (Å²) >= 11 is 0. The molecule has 0 aromatic heterocycles. The first kappa shape index (κ1) is 16.8. The average Bonchev–Trinajstić information content (AvgIpc) is 2.68. The third kappa shape index (κ3) is 4.48. The molecular formula is C22H20O3. The van der Waals surface area contributed by atoms with Crippen LogP contribution in [0, 0.1) is 0 Å². The van der Waals surface area contributed by atoms with E-state index in [1.165, 1.54) is 7.11 Å². The lowest BCUT2D eigenvalue weighted by atomic mass is 10.0. The molecule has 126 valence electrons. The smallest absolute Gasteiger partial charge is 0.337 e. The highest BCUT2D eigenvalue weighted by Crippen LogP contribution is 2.25. The molecule has 3 heteroatoms. The molecule has 25 heavy (non-hydrogen) atoms. The zero-order valence-corrected chi connectivity index (χ0v) is 14.1. The minimum Gasteiger partial charge on any atom is -0.489 e. The SMILES string of the molecule is COC(=O)c1ccc(OCc2ccccc2)c(Cc2ccccc2)c1. The maximum Gasteiger partial charge on any atom is 0.337 e. The lowest BCUT2D eigenvalue weighted by Crippen LogP contribution is -2.05. The monoisotopic (exact) mass is 332 g/mol. The fourth-order valence-corrected chi connectivity index (χ4v) is 2.65. The summed E-state index contributed by atoms with van der Waals surface area (Å²) in [4.78, 5) is 11.8. The molecule has 3 aromatic rings. The van der Waals surface area contributed by atoms with Crippen LogP contribution in [-0.4, -0.2) is 13.1 Å². The Kier molecular flexibility index (Phi) is 5.47. The van der Waals surface area contributed by atoms with Gasteiger partial charge in [0.25, 0.3) is 0 Å². The Hall–Kier alpha value is -3.07. The summed E-state index contributed by atoms with van der Waals surface area (Å²) in [7, 11) is 1.39. The Morgan fingerprint density at radius 2 is 1.48 bits per heavy atom. The number of esters is 1. The van der Waals surface area contributed by atoms with Gasteiger partial charge in [-0.1, -0.05) is 60.7 Å². The van der Waals surface area contributed by atoms with Gasteiger partial charge in [-0.2, -0.15) is 0 Å². The van der Waals surface area contributed by atoms with Crippen LogP contribution in [0.5, 0.6) is 5.75 Å². The van der Waals surface area contributed by atoms with Gasteiger partial charge < -0.3 is 9.47 Å². The van der Waals surface area contributed by atoms with Crippen molar-refractivity contribution in [2.24, 2.45) is 0 Å². The molecule has 0 aliphatic heterocycles. The van der Waals surface area contributed by atoms with Crippen molar-refractivity contribution in [3.8, 4) is 5.75 Å². The zero-order chi connectivity index (χ0) is 17.5. The summed E-state index contributed by atoms with van der Waals surface area (Å²) in [6.07, 6.45) is 0.690. The van der Waals surface area contributed by atoms with Crippen molar-refractivity contribution < 1.29 is 14.3 Å². The minimum absolute atomic E-state index is 0.344. The summed E-state index contributed by atoms with van der Waals surface area (Å²) in [6, 6.07) is 25.6. The summed E-state index contributed by atoms with van der Waals surface area (Å²) in [5.41, 5.74) is 3.75. The third-order valence-corrected chi connectivity index (χ3v) is 3.96. The van der Waals surface area contributed by atoms with Crippen LogP contribution in [0.2, 0.25) is 0 Å². The molecular weight excluding hydrogens is 312 g/mol. The molecule has 3 rings (SSSR count). The Morgan fingerprint density at radius 1 is 0.840 bits per heavy atom. The third-order valence-electron chi connectivity index (χ3n) is 3.96. The van der Waals surface area contributed by atoms with E-state index in [4.69, 9.17) is 9.47 Å². The normalized spacial score (nSPS) is 10.3. The quantitative estimate of drug-likeness (QED) is 0.617. The molecule has 0 bridgehead atoms. The number of hydrogen-bond donors (Lipinski definition) is 0. The second-order valence-electron chi connectivity index (χ2n) is 5.75. The molecule has 0 fully saturated rings. The second kappa shape index (κ2) is 8.15. The predicted octanol–water partition coefficient (Wildman–Crippen LogP) is 4.64. The second-order valence-corrected chi connectivity index (χ2v) is 5.75. The van der Waals surface area contributed by atoms with Gasteiger partial charge in [0.05, 0.1) is 12.7 Å². The van der Waals surface area contributed by atoms with Gasteiger partial charge >= 0.3 is 5.97 Å². The fourth-order valence-electron chi connectivity index (χ4n) is 2.65. The van der Waals surface area contributed by atoms with E-state index in [9.17, 15) is 4.79 Å². The van der Waals surface area contributed by atoms with Crippen molar-refractivity contribution >= 4 is 5.97 Å². The van der Waals surface area contributed by atoms with Crippen molar-refractivity contribution in [3.05, 3.63) is 101 Å². The maximum atomic E-state index is 11.8. The predicted molar refractivity (Wildman–Crippen MR) is 97.8 cm³/mol. The highest BCUT2D eigenvalue weighted by atomic mass is 16.5. The number of benzene rings is 3. The number of carbonyl (C=O) groups is 1. The number of rotatable bonds is 6. The van der Waals surface area contributed by atoms with Crippen LogP contribution < -0.4 is 4.74 Å². The van der Waals surface area contributed by atoms with E-state index in [2.05, 4.69) is 12.1 Å². The van der Waals surface area contributed by atoms with Crippen LogP contribution in [0.15, 0.2) is 78.9 Å². The van der Waals surface area contributed by atoms with E-state index in [0.717, 1.165) is 22.4 Å². The average molecular weight is 332 g/mol. The van der Waals surface area contributed by atoms with Crippen LogP contribution in [0.1, 0.15) is 27.0 Å². The Bertz CT molecular complexity index is 826. The first-order valence-corrected chi connectivity index (χ1v) is 8.18. The molecule has 0 aliphatic rings.